The lowest BCUT2D eigenvalue weighted by Gasteiger charge is -2.19. The van der Waals surface area contributed by atoms with E-state index >= 15 is 0 Å². The van der Waals surface area contributed by atoms with Crippen LogP contribution in [0.1, 0.15) is 16.8 Å². The molecule has 1 aliphatic rings. The molecule has 0 bridgehead atoms. The van der Waals surface area contributed by atoms with Crippen molar-refractivity contribution < 1.29 is 8.42 Å². The summed E-state index contributed by atoms with van der Waals surface area (Å²) in [6.45, 7) is 3.69. The number of pyridine rings is 1. The van der Waals surface area contributed by atoms with Crippen LogP contribution >= 0.6 is 0 Å². The van der Waals surface area contributed by atoms with Crippen LogP contribution in [0.4, 0.5) is 5.69 Å². The van der Waals surface area contributed by atoms with Gasteiger partial charge >= 0.3 is 0 Å². The number of benzene rings is 1. The van der Waals surface area contributed by atoms with Crippen LogP contribution in [0.5, 0.6) is 0 Å². The molecule has 1 aromatic carbocycles. The van der Waals surface area contributed by atoms with Gasteiger partial charge in [0.05, 0.1) is 23.3 Å². The zero-order valence-corrected chi connectivity index (χ0v) is 15.0. The highest BCUT2D eigenvalue weighted by Gasteiger charge is 2.23. The van der Waals surface area contributed by atoms with Crippen molar-refractivity contribution in [2.45, 2.75) is 24.8 Å². The van der Waals surface area contributed by atoms with Crippen LogP contribution in [0.25, 0.3) is 5.65 Å². The molecule has 25 heavy (non-hydrogen) atoms. The van der Waals surface area contributed by atoms with Crippen LogP contribution in [-0.2, 0) is 23.0 Å². The van der Waals surface area contributed by atoms with Crippen LogP contribution in [0.3, 0.4) is 0 Å². The standard InChI is InChI=1S/C18H20N4O2S/c1-13-3-6-18-20-10-15(22(18)11-13)12-21-8-7-14-9-16(4-5-17(14)21)25(23,24)19-2/h3-6,9-11,19H,7-8,12H2,1-2H3. The molecular formula is C18H20N4O2S. The number of imidazole rings is 1. The quantitative estimate of drug-likeness (QED) is 0.778. The molecule has 0 amide bonds. The number of anilines is 1. The number of rotatable bonds is 4. The lowest BCUT2D eigenvalue weighted by Crippen LogP contribution is -2.21. The van der Waals surface area contributed by atoms with Gasteiger partial charge < -0.3 is 9.30 Å². The molecule has 0 saturated carbocycles. The van der Waals surface area contributed by atoms with E-state index in [-0.39, 0.29) is 0 Å². The predicted molar refractivity (Wildman–Crippen MR) is 97.4 cm³/mol. The molecule has 130 valence electrons. The zero-order chi connectivity index (χ0) is 17.6. The van der Waals surface area contributed by atoms with E-state index in [4.69, 9.17) is 0 Å². The van der Waals surface area contributed by atoms with Gasteiger partial charge in [-0.1, -0.05) is 6.07 Å². The largest absolute Gasteiger partial charge is 0.365 e. The fraction of sp³-hybridized carbons (Fsp3) is 0.278. The van der Waals surface area contributed by atoms with Crippen LogP contribution in [0.15, 0.2) is 47.6 Å². The van der Waals surface area contributed by atoms with Gasteiger partial charge in [-0.2, -0.15) is 0 Å². The Kier molecular flexibility index (Phi) is 3.77. The van der Waals surface area contributed by atoms with Crippen molar-refractivity contribution in [2.24, 2.45) is 0 Å². The molecule has 3 heterocycles. The molecule has 0 spiro atoms. The number of fused-ring (bicyclic) bond motifs is 2. The first-order valence-corrected chi connectivity index (χ1v) is 9.70. The number of aromatic nitrogens is 2. The molecule has 1 N–H and O–H groups in total. The summed E-state index contributed by atoms with van der Waals surface area (Å²) in [4.78, 5) is 7.06. The average molecular weight is 356 g/mol. The third-order valence-corrected chi connectivity index (χ3v) is 6.12. The van der Waals surface area contributed by atoms with Crippen molar-refractivity contribution in [3.05, 3.63) is 59.5 Å². The van der Waals surface area contributed by atoms with Gasteiger partial charge in [0.15, 0.2) is 0 Å². The first-order chi connectivity index (χ1) is 12.0. The number of sulfonamides is 1. The van der Waals surface area contributed by atoms with E-state index in [0.717, 1.165) is 42.1 Å². The topological polar surface area (TPSA) is 66.7 Å². The van der Waals surface area contributed by atoms with Gasteiger partial charge in [-0.3, -0.25) is 0 Å². The molecule has 0 aliphatic carbocycles. The van der Waals surface area contributed by atoms with Crippen LogP contribution < -0.4 is 9.62 Å². The van der Waals surface area contributed by atoms with E-state index in [2.05, 4.69) is 38.2 Å². The van der Waals surface area contributed by atoms with Gasteiger partial charge in [-0.05, 0) is 55.8 Å². The maximum Gasteiger partial charge on any atom is 0.240 e. The highest BCUT2D eigenvalue weighted by Crippen LogP contribution is 2.31. The maximum atomic E-state index is 12.0. The summed E-state index contributed by atoms with van der Waals surface area (Å²) in [6.07, 6.45) is 4.85. The molecular weight excluding hydrogens is 336 g/mol. The third-order valence-electron chi connectivity index (χ3n) is 4.70. The minimum absolute atomic E-state index is 0.320. The van der Waals surface area contributed by atoms with E-state index in [0.29, 0.717) is 4.90 Å². The van der Waals surface area contributed by atoms with E-state index in [1.54, 1.807) is 12.1 Å². The number of hydrogen-bond acceptors (Lipinski definition) is 4. The molecule has 6 nitrogen and oxygen atoms in total. The Labute approximate surface area is 147 Å². The highest BCUT2D eigenvalue weighted by molar-refractivity contribution is 7.89. The van der Waals surface area contributed by atoms with E-state index in [1.165, 1.54) is 12.6 Å². The van der Waals surface area contributed by atoms with E-state index in [1.807, 2.05) is 18.3 Å². The Morgan fingerprint density at radius 1 is 1.24 bits per heavy atom. The van der Waals surface area contributed by atoms with Gasteiger partial charge in [-0.25, -0.2) is 18.1 Å². The van der Waals surface area contributed by atoms with Crippen molar-refractivity contribution in [1.82, 2.24) is 14.1 Å². The Bertz CT molecular complexity index is 1060. The fourth-order valence-corrected chi connectivity index (χ4v) is 4.13. The van der Waals surface area contributed by atoms with Crippen molar-refractivity contribution in [3.63, 3.8) is 0 Å². The van der Waals surface area contributed by atoms with Crippen molar-refractivity contribution >= 4 is 21.4 Å². The first kappa shape index (κ1) is 16.1. The van der Waals surface area contributed by atoms with Crippen molar-refractivity contribution in [3.8, 4) is 0 Å². The SMILES string of the molecule is CNS(=O)(=O)c1ccc2c(c1)CCN2Cc1cnc2ccc(C)cn12. The molecule has 0 unspecified atom stereocenters. The molecule has 0 fully saturated rings. The highest BCUT2D eigenvalue weighted by atomic mass is 32.2. The third kappa shape index (κ3) is 2.79. The van der Waals surface area contributed by atoms with E-state index < -0.39 is 10.0 Å². The Hall–Kier alpha value is -2.38. The summed E-state index contributed by atoms with van der Waals surface area (Å²) in [6, 6.07) is 9.43. The van der Waals surface area contributed by atoms with Crippen molar-refractivity contribution in [2.75, 3.05) is 18.5 Å². The molecule has 1 aliphatic heterocycles. The Balaban J connectivity index is 1.65. The maximum absolute atomic E-state index is 12.0. The summed E-state index contributed by atoms with van der Waals surface area (Å²) in [5.41, 5.74) is 5.42. The fourth-order valence-electron chi connectivity index (χ4n) is 3.35. The van der Waals surface area contributed by atoms with Gasteiger partial charge in [0.1, 0.15) is 5.65 Å². The van der Waals surface area contributed by atoms with Crippen LogP contribution in [-0.4, -0.2) is 31.4 Å². The number of hydrogen-bond donors (Lipinski definition) is 1. The lowest BCUT2D eigenvalue weighted by molar-refractivity contribution is 0.588. The summed E-state index contributed by atoms with van der Waals surface area (Å²) in [7, 11) is -1.97. The van der Waals surface area contributed by atoms with Gasteiger partial charge in [0, 0.05) is 18.4 Å². The van der Waals surface area contributed by atoms with Crippen LogP contribution in [0.2, 0.25) is 0 Å². The molecule has 0 atom stereocenters. The van der Waals surface area contributed by atoms with Crippen LogP contribution in [0, 0.1) is 6.92 Å². The Morgan fingerprint density at radius 3 is 2.88 bits per heavy atom. The molecule has 7 heteroatoms. The van der Waals surface area contributed by atoms with Gasteiger partial charge in [-0.15, -0.1) is 0 Å². The number of nitrogens with zero attached hydrogens (tertiary/aromatic N) is 3. The summed E-state index contributed by atoms with van der Waals surface area (Å²) >= 11 is 0. The second-order valence-corrected chi connectivity index (χ2v) is 8.24. The smallest absolute Gasteiger partial charge is 0.240 e. The summed E-state index contributed by atoms with van der Waals surface area (Å²) < 4.78 is 28.4. The minimum atomic E-state index is -3.40. The lowest BCUT2D eigenvalue weighted by atomic mass is 10.2. The van der Waals surface area contributed by atoms with Crippen molar-refractivity contribution in [1.29, 1.82) is 0 Å². The van der Waals surface area contributed by atoms with E-state index in [9.17, 15) is 8.42 Å². The summed E-state index contributed by atoms with van der Waals surface area (Å²) in [5.74, 6) is 0. The molecule has 0 saturated heterocycles. The molecule has 2 aromatic heterocycles. The second kappa shape index (κ2) is 5.86. The molecule has 4 rings (SSSR count). The van der Waals surface area contributed by atoms with Gasteiger partial charge in [0.25, 0.3) is 0 Å². The number of aryl methyl sites for hydroxylation is 1. The number of nitrogens with one attached hydrogen (secondary N) is 1. The summed E-state index contributed by atoms with van der Waals surface area (Å²) in [5, 5.41) is 0. The molecule has 0 radical (unpaired) electrons. The first-order valence-electron chi connectivity index (χ1n) is 8.22. The molecule has 3 aromatic rings. The van der Waals surface area contributed by atoms with Gasteiger partial charge in [0.2, 0.25) is 10.0 Å². The predicted octanol–water partition coefficient (Wildman–Crippen LogP) is 2.11. The Morgan fingerprint density at radius 2 is 2.08 bits per heavy atom. The average Bonchev–Trinajstić information content (AvgIpc) is 3.19. The monoisotopic (exact) mass is 356 g/mol. The minimum Gasteiger partial charge on any atom is -0.365 e. The normalized spacial score (nSPS) is 14.2. The zero-order valence-electron chi connectivity index (χ0n) is 14.2. The second-order valence-electron chi connectivity index (χ2n) is 6.35.